The molecule has 2 fully saturated rings. The first-order chi connectivity index (χ1) is 13.2. The molecule has 0 atom stereocenters. The molecule has 3 aromatic heterocycles. The fourth-order valence-electron chi connectivity index (χ4n) is 3.62. The molecule has 5 rings (SSSR count). The number of hydrogen-bond acceptors (Lipinski definition) is 8. The summed E-state index contributed by atoms with van der Waals surface area (Å²) in [6, 6.07) is 0.598. The van der Waals surface area contributed by atoms with E-state index in [0.29, 0.717) is 15.7 Å². The van der Waals surface area contributed by atoms with Gasteiger partial charge in [0.2, 0.25) is 0 Å². The Bertz CT molecular complexity index is 1080. The zero-order chi connectivity index (χ0) is 18.5. The van der Waals surface area contributed by atoms with E-state index in [4.69, 9.17) is 4.74 Å². The summed E-state index contributed by atoms with van der Waals surface area (Å²) in [5, 5.41) is 4.02. The molecule has 2 saturated carbocycles. The molecular formula is C17H18N6O3S. The van der Waals surface area contributed by atoms with Gasteiger partial charge in [0.25, 0.3) is 0 Å². The molecule has 2 aliphatic rings. The zero-order valence-electron chi connectivity index (χ0n) is 14.7. The minimum absolute atomic E-state index is 0.0127. The number of anilines is 1. The van der Waals surface area contributed by atoms with Crippen molar-refractivity contribution in [3.63, 3.8) is 0 Å². The summed E-state index contributed by atoms with van der Waals surface area (Å²) in [6.07, 6.45) is 8.43. The lowest BCUT2D eigenvalue weighted by molar-refractivity contribution is 0.0606. The number of ether oxygens (including phenoxy) is 1. The van der Waals surface area contributed by atoms with Gasteiger partial charge in [-0.1, -0.05) is 11.3 Å². The highest BCUT2D eigenvalue weighted by molar-refractivity contribution is 7.17. The van der Waals surface area contributed by atoms with E-state index in [9.17, 15) is 9.59 Å². The third kappa shape index (κ3) is 2.71. The van der Waals surface area contributed by atoms with Gasteiger partial charge in [0.15, 0.2) is 10.8 Å². The van der Waals surface area contributed by atoms with Gasteiger partial charge in [-0.05, 0) is 25.7 Å². The molecule has 0 saturated heterocycles. The van der Waals surface area contributed by atoms with Crippen molar-refractivity contribution in [1.29, 1.82) is 0 Å². The summed E-state index contributed by atoms with van der Waals surface area (Å²) >= 11 is 1.27. The molecular weight excluding hydrogens is 368 g/mol. The highest BCUT2D eigenvalue weighted by atomic mass is 32.1. The lowest BCUT2D eigenvalue weighted by atomic mass is 9.86. The van der Waals surface area contributed by atoms with Crippen molar-refractivity contribution in [2.45, 2.75) is 43.8 Å². The van der Waals surface area contributed by atoms with E-state index >= 15 is 0 Å². The fourth-order valence-corrected chi connectivity index (χ4v) is 4.43. The van der Waals surface area contributed by atoms with Crippen molar-refractivity contribution in [1.82, 2.24) is 24.1 Å². The number of fused-ring (bicyclic) bond motifs is 1. The minimum atomic E-state index is -0.383. The van der Waals surface area contributed by atoms with Crippen LogP contribution in [0.4, 0.5) is 5.13 Å². The van der Waals surface area contributed by atoms with E-state index < -0.39 is 0 Å². The molecule has 1 N–H and O–H groups in total. The SMILES string of the molecule is COC(=O)c1cnc(N[C@H]2C[C@H](n3c(=O)n(C4CC4)c4cncnc43)C2)s1. The van der Waals surface area contributed by atoms with E-state index in [2.05, 4.69) is 20.3 Å². The molecule has 0 radical (unpaired) electrons. The number of rotatable bonds is 5. The molecule has 0 amide bonds. The summed E-state index contributed by atoms with van der Waals surface area (Å²) < 4.78 is 8.36. The Morgan fingerprint density at radius 2 is 2.04 bits per heavy atom. The van der Waals surface area contributed by atoms with E-state index in [0.717, 1.165) is 31.2 Å². The topological polar surface area (TPSA) is 104 Å². The van der Waals surface area contributed by atoms with Crippen molar-refractivity contribution < 1.29 is 9.53 Å². The highest BCUT2D eigenvalue weighted by Crippen LogP contribution is 2.39. The number of aromatic nitrogens is 5. The minimum Gasteiger partial charge on any atom is -0.465 e. The average molecular weight is 386 g/mol. The van der Waals surface area contributed by atoms with Crippen molar-refractivity contribution in [2.75, 3.05) is 12.4 Å². The Kier molecular flexibility index (Phi) is 3.74. The van der Waals surface area contributed by atoms with Crippen LogP contribution in [0.2, 0.25) is 0 Å². The summed E-state index contributed by atoms with van der Waals surface area (Å²) in [6.45, 7) is 0. The third-order valence-electron chi connectivity index (χ3n) is 5.18. The number of hydrogen-bond donors (Lipinski definition) is 1. The van der Waals surface area contributed by atoms with Gasteiger partial charge in [0.1, 0.15) is 16.7 Å². The Balaban J connectivity index is 1.34. The summed E-state index contributed by atoms with van der Waals surface area (Å²) in [5.41, 5.74) is 1.55. The Labute approximate surface area is 158 Å². The average Bonchev–Trinajstić information content (AvgIpc) is 3.29. The van der Waals surface area contributed by atoms with E-state index in [1.165, 1.54) is 31.0 Å². The maximum Gasteiger partial charge on any atom is 0.349 e. The van der Waals surface area contributed by atoms with Gasteiger partial charge in [-0.3, -0.25) is 9.13 Å². The molecule has 0 aliphatic heterocycles. The van der Waals surface area contributed by atoms with Crippen molar-refractivity contribution >= 4 is 33.6 Å². The van der Waals surface area contributed by atoms with Gasteiger partial charge < -0.3 is 10.1 Å². The molecule has 3 aromatic rings. The van der Waals surface area contributed by atoms with Gasteiger partial charge in [-0.25, -0.2) is 24.5 Å². The normalized spacial score (nSPS) is 21.8. The molecule has 0 spiro atoms. The quantitative estimate of drug-likeness (QED) is 0.669. The van der Waals surface area contributed by atoms with Crippen molar-refractivity contribution in [3.05, 3.63) is 34.1 Å². The number of carbonyl (C=O) groups is 1. The maximum atomic E-state index is 13.0. The van der Waals surface area contributed by atoms with Crippen LogP contribution in [-0.2, 0) is 4.74 Å². The lowest BCUT2D eigenvalue weighted by Crippen LogP contribution is -2.41. The first-order valence-electron chi connectivity index (χ1n) is 8.89. The Hall–Kier alpha value is -2.75. The number of esters is 1. The van der Waals surface area contributed by atoms with Gasteiger partial charge in [0.05, 0.1) is 19.5 Å². The second-order valence-corrected chi connectivity index (χ2v) is 8.00. The molecule has 0 aromatic carbocycles. The van der Waals surface area contributed by atoms with Crippen molar-refractivity contribution in [3.8, 4) is 0 Å². The third-order valence-corrected chi connectivity index (χ3v) is 6.09. The van der Waals surface area contributed by atoms with Crippen LogP contribution in [0.1, 0.15) is 47.4 Å². The van der Waals surface area contributed by atoms with Crippen LogP contribution in [0.5, 0.6) is 0 Å². The largest absolute Gasteiger partial charge is 0.465 e. The van der Waals surface area contributed by atoms with Crippen LogP contribution in [0, 0.1) is 0 Å². The summed E-state index contributed by atoms with van der Waals surface area (Å²) in [5.74, 6) is -0.383. The predicted octanol–water partition coefficient (Wildman–Crippen LogP) is 1.99. The summed E-state index contributed by atoms with van der Waals surface area (Å²) in [7, 11) is 1.35. The van der Waals surface area contributed by atoms with Crippen LogP contribution >= 0.6 is 11.3 Å². The number of imidazole rings is 1. The first-order valence-corrected chi connectivity index (χ1v) is 9.70. The number of thiazole rings is 1. The maximum absolute atomic E-state index is 13.0. The molecule has 10 heteroatoms. The Morgan fingerprint density at radius 3 is 2.78 bits per heavy atom. The van der Waals surface area contributed by atoms with Gasteiger partial charge >= 0.3 is 11.7 Å². The number of methoxy groups -OCH3 is 1. The molecule has 0 bridgehead atoms. The molecule has 0 unspecified atom stereocenters. The monoisotopic (exact) mass is 386 g/mol. The number of nitrogens with zero attached hydrogens (tertiary/aromatic N) is 5. The second-order valence-electron chi connectivity index (χ2n) is 6.97. The Morgan fingerprint density at radius 1 is 1.22 bits per heavy atom. The highest BCUT2D eigenvalue weighted by Gasteiger charge is 2.37. The molecule has 2 aliphatic carbocycles. The zero-order valence-corrected chi connectivity index (χ0v) is 15.5. The smallest absolute Gasteiger partial charge is 0.349 e. The van der Waals surface area contributed by atoms with Crippen LogP contribution in [0.3, 0.4) is 0 Å². The van der Waals surface area contributed by atoms with Gasteiger partial charge in [-0.15, -0.1) is 0 Å². The fraction of sp³-hybridized carbons (Fsp3) is 0.471. The van der Waals surface area contributed by atoms with Crippen LogP contribution in [0.25, 0.3) is 11.2 Å². The van der Waals surface area contributed by atoms with Gasteiger partial charge in [0, 0.05) is 18.1 Å². The summed E-state index contributed by atoms with van der Waals surface area (Å²) in [4.78, 5) is 37.6. The van der Waals surface area contributed by atoms with E-state index in [-0.39, 0.29) is 29.8 Å². The van der Waals surface area contributed by atoms with Crippen LogP contribution < -0.4 is 11.0 Å². The van der Waals surface area contributed by atoms with Crippen LogP contribution in [-0.4, -0.2) is 43.2 Å². The number of nitrogens with one attached hydrogen (secondary N) is 1. The van der Waals surface area contributed by atoms with E-state index in [1.54, 1.807) is 6.20 Å². The standard InChI is InChI=1S/C17H18N6O3S/c1-26-15(24)13-7-19-16(27-13)21-9-4-11(5-9)23-14-12(6-18-8-20-14)22(17(23)25)10-2-3-10/h6-11H,2-5H2,1H3,(H,19,21)/t9-,11-. The van der Waals surface area contributed by atoms with Crippen LogP contribution in [0.15, 0.2) is 23.5 Å². The second kappa shape index (κ2) is 6.15. The van der Waals surface area contributed by atoms with Gasteiger partial charge in [-0.2, -0.15) is 0 Å². The van der Waals surface area contributed by atoms with Crippen molar-refractivity contribution in [2.24, 2.45) is 0 Å². The molecule has 140 valence electrons. The lowest BCUT2D eigenvalue weighted by Gasteiger charge is -2.36. The number of carbonyl (C=O) groups excluding carboxylic acids is 1. The molecule has 3 heterocycles. The predicted molar refractivity (Wildman–Crippen MR) is 99.2 cm³/mol. The first kappa shape index (κ1) is 16.4. The molecule has 9 nitrogen and oxygen atoms in total. The van der Waals surface area contributed by atoms with E-state index in [1.807, 2.05) is 9.13 Å². The molecule has 27 heavy (non-hydrogen) atoms.